The number of hydrogen-bond donors (Lipinski definition) is 4. The van der Waals surface area contributed by atoms with Gasteiger partial charge >= 0.3 is 11.9 Å². The molecule has 6 aromatic rings. The molecule has 0 radical (unpaired) electrons. The summed E-state index contributed by atoms with van der Waals surface area (Å²) in [6.07, 6.45) is 3.62. The zero-order valence-electron chi connectivity index (χ0n) is 35.9. The molecule has 5 amide bonds. The zero-order chi connectivity index (χ0) is 47.1. The van der Waals surface area contributed by atoms with Crippen LogP contribution in [0.5, 0.6) is 0 Å². The lowest BCUT2D eigenvalue weighted by Gasteiger charge is -2.21. The number of hydrogen-bond acceptors (Lipinski definition) is 12. The van der Waals surface area contributed by atoms with Crippen molar-refractivity contribution in [3.05, 3.63) is 106 Å². The maximum Gasteiger partial charge on any atom is 0.405 e. The van der Waals surface area contributed by atoms with E-state index in [1.54, 1.807) is 43.3 Å². The highest BCUT2D eigenvalue weighted by molar-refractivity contribution is 6.07. The van der Waals surface area contributed by atoms with Gasteiger partial charge in [0.05, 0.1) is 28.6 Å². The second-order valence-electron chi connectivity index (χ2n) is 15.6. The van der Waals surface area contributed by atoms with Crippen LogP contribution in [0, 0.1) is 0 Å². The minimum Gasteiger partial charge on any atom is -0.444 e. The number of imide groups is 1. The highest BCUT2D eigenvalue weighted by Crippen LogP contribution is 2.26. The van der Waals surface area contributed by atoms with Crippen LogP contribution < -0.4 is 27.4 Å². The fourth-order valence-electron chi connectivity index (χ4n) is 7.39. The van der Waals surface area contributed by atoms with Crippen LogP contribution in [0.1, 0.15) is 81.5 Å². The lowest BCUT2D eigenvalue weighted by molar-refractivity contribution is -0.135. The number of carbonyl (C=O) groups is 5. The lowest BCUT2D eigenvalue weighted by Crippen LogP contribution is -2.44. The van der Waals surface area contributed by atoms with Gasteiger partial charge in [0.25, 0.3) is 17.7 Å². The molecule has 0 bridgehead atoms. The van der Waals surface area contributed by atoms with Crippen molar-refractivity contribution in [3.63, 3.8) is 0 Å². The summed E-state index contributed by atoms with van der Waals surface area (Å²) in [5.74, 6) is -2.86. The van der Waals surface area contributed by atoms with E-state index in [2.05, 4.69) is 31.0 Å². The van der Waals surface area contributed by atoms with Crippen molar-refractivity contribution in [1.82, 2.24) is 39.1 Å². The van der Waals surface area contributed by atoms with E-state index in [1.807, 2.05) is 18.2 Å². The Morgan fingerprint density at radius 1 is 1.00 bits per heavy atom. The minimum absolute atomic E-state index is 0.0333. The number of ether oxygens (including phenoxy) is 1. The van der Waals surface area contributed by atoms with Crippen LogP contribution in [0.2, 0.25) is 0 Å². The first-order valence-electron chi connectivity index (χ1n) is 21.0. The van der Waals surface area contributed by atoms with Gasteiger partial charge in [-0.15, -0.1) is 0 Å². The van der Waals surface area contributed by atoms with E-state index in [9.17, 15) is 41.9 Å². The van der Waals surface area contributed by atoms with Crippen LogP contribution in [0.25, 0.3) is 28.2 Å². The molecule has 0 spiro atoms. The number of benzene rings is 2. The van der Waals surface area contributed by atoms with Gasteiger partial charge in [-0.1, -0.05) is 6.07 Å². The van der Waals surface area contributed by atoms with Crippen LogP contribution in [-0.2, 0) is 27.8 Å². The van der Waals surface area contributed by atoms with Crippen molar-refractivity contribution in [2.75, 3.05) is 44.0 Å². The number of oxazole rings is 1. The first-order chi connectivity index (χ1) is 31.6. The zero-order valence-corrected chi connectivity index (χ0v) is 35.9. The Bertz CT molecular complexity index is 2830. The monoisotopic (exact) mass is 913 g/mol. The molecule has 22 heteroatoms. The third kappa shape index (κ3) is 11.0. The van der Waals surface area contributed by atoms with Crippen molar-refractivity contribution in [1.29, 1.82) is 0 Å². The minimum atomic E-state index is -4.46. The van der Waals surface area contributed by atoms with Gasteiger partial charge in [0.1, 0.15) is 24.7 Å². The molecule has 5 N–H and O–H groups in total. The third-order valence-corrected chi connectivity index (χ3v) is 10.8. The molecule has 7 rings (SSSR count). The summed E-state index contributed by atoms with van der Waals surface area (Å²) in [4.78, 5) is 85.3. The predicted octanol–water partition coefficient (Wildman–Crippen LogP) is 4.77. The Morgan fingerprint density at radius 2 is 1.76 bits per heavy atom. The normalized spacial score (nSPS) is 14.0. The largest absolute Gasteiger partial charge is 0.444 e. The number of unbranched alkanes of at least 4 members (excludes halogenated alkanes) is 2. The number of nitrogens with one attached hydrogen (secondary N) is 3. The van der Waals surface area contributed by atoms with Crippen molar-refractivity contribution in [3.8, 4) is 17.1 Å². The highest BCUT2D eigenvalue weighted by atomic mass is 19.4. The number of nitrogens with zero attached hydrogens (tertiary/aromatic N) is 7. The number of nitrogens with two attached hydrogens (primary N) is 1. The number of fused-ring (bicyclic) bond motifs is 1. The number of halogens is 3. The molecule has 66 heavy (non-hydrogen) atoms. The van der Waals surface area contributed by atoms with Crippen LogP contribution in [0.15, 0.2) is 82.5 Å². The second-order valence-corrected chi connectivity index (χ2v) is 15.6. The number of imidazole rings is 1. The number of pyridine rings is 1. The molecule has 1 aliphatic heterocycles. The fraction of sp³-hybridized carbons (Fsp3) is 0.341. The molecule has 2 aromatic carbocycles. The number of rotatable bonds is 19. The topological polar surface area (TPSA) is 244 Å². The number of amides is 5. The first-order valence-corrected chi connectivity index (χ1v) is 21.0. The van der Waals surface area contributed by atoms with Crippen molar-refractivity contribution in [2.24, 2.45) is 12.8 Å². The maximum atomic E-state index is 13.2. The van der Waals surface area contributed by atoms with Gasteiger partial charge in [-0.25, -0.2) is 19.4 Å². The summed E-state index contributed by atoms with van der Waals surface area (Å²) >= 11 is 0. The summed E-state index contributed by atoms with van der Waals surface area (Å²) in [6.45, 7) is 0.318. The SMILES string of the molecule is CN(CCCCOCCCCc1ccc2c(c1)n(C)c(=O)n2C1CCC(=O)NC1=O)C(=O)c1ccc(-n2cc(NC(=O)c3coc(-c4ccnc(NCC(F)(F)F)c4)n3)c(C(N)=O)n2)cc1. The highest BCUT2D eigenvalue weighted by Gasteiger charge is 2.31. The van der Waals surface area contributed by atoms with E-state index in [0.29, 0.717) is 36.5 Å². The smallest absolute Gasteiger partial charge is 0.405 e. The Morgan fingerprint density at radius 3 is 2.48 bits per heavy atom. The molecule has 0 aliphatic carbocycles. The second kappa shape index (κ2) is 20.0. The quantitative estimate of drug-likeness (QED) is 0.0635. The van der Waals surface area contributed by atoms with Crippen LogP contribution in [0.4, 0.5) is 24.7 Å². The summed E-state index contributed by atoms with van der Waals surface area (Å²) in [5.41, 5.74) is 8.33. The van der Waals surface area contributed by atoms with Gasteiger partial charge in [0.2, 0.25) is 17.7 Å². The van der Waals surface area contributed by atoms with E-state index >= 15 is 0 Å². The number of aryl methyl sites for hydroxylation is 2. The average Bonchev–Trinajstić information content (AvgIpc) is 4.02. The van der Waals surface area contributed by atoms with Crippen molar-refractivity contribution >= 4 is 52.1 Å². The number of aromatic nitrogens is 6. The molecule has 4 aromatic heterocycles. The maximum absolute atomic E-state index is 13.2. The van der Waals surface area contributed by atoms with Gasteiger partial charge < -0.3 is 30.4 Å². The van der Waals surface area contributed by atoms with Crippen LogP contribution >= 0.6 is 0 Å². The standard InChI is InChI=1S/C44H46F3N11O8/c1-55(18-4-6-20-65-19-5-3-7-26-8-13-32-34(21-26)56(2)43(64)58(32)33-14-15-36(59)53-40(33)62)42(63)27-9-11-29(12-10-27)57-23-30(37(54-57)38(48)60)51-39(61)31-24-66-41(52-31)28-16-17-49-35(22-28)50-25-44(45,46)47/h8-13,16-17,21-24,33H,3-7,14-15,18-20,25H2,1-2H3,(H2,48,60)(H,49,50)(H,51,61)(H,53,59,62). The molecular weight excluding hydrogens is 868 g/mol. The van der Waals surface area contributed by atoms with Crippen molar-refractivity contribution in [2.45, 2.75) is 57.2 Å². The lowest BCUT2D eigenvalue weighted by atomic mass is 10.0. The van der Waals surface area contributed by atoms with E-state index in [0.717, 1.165) is 49.4 Å². The summed E-state index contributed by atoms with van der Waals surface area (Å²) < 4.78 is 53.4. The number of primary amides is 1. The number of carbonyl (C=O) groups excluding carboxylic acids is 5. The number of piperidine rings is 1. The molecule has 1 saturated heterocycles. The first kappa shape index (κ1) is 46.4. The third-order valence-electron chi connectivity index (χ3n) is 10.8. The average molecular weight is 914 g/mol. The molecule has 1 unspecified atom stereocenters. The Balaban J connectivity index is 0.833. The van der Waals surface area contributed by atoms with E-state index < -0.39 is 36.5 Å². The van der Waals surface area contributed by atoms with Gasteiger partial charge in [-0.3, -0.25) is 38.4 Å². The summed E-state index contributed by atoms with van der Waals surface area (Å²) in [5, 5.41) is 11.2. The molecule has 346 valence electrons. The Labute approximate surface area is 374 Å². The van der Waals surface area contributed by atoms with Gasteiger partial charge in [0, 0.05) is 57.6 Å². The van der Waals surface area contributed by atoms with Gasteiger partial charge in [0.15, 0.2) is 11.4 Å². The van der Waals surface area contributed by atoms with E-state index in [-0.39, 0.29) is 64.7 Å². The van der Waals surface area contributed by atoms with Gasteiger partial charge in [-0.2, -0.15) is 18.3 Å². The number of anilines is 2. The van der Waals surface area contributed by atoms with Crippen LogP contribution in [-0.4, -0.2) is 103 Å². The number of alkyl halides is 3. The molecule has 1 fully saturated rings. The summed E-state index contributed by atoms with van der Waals surface area (Å²) in [6, 6.07) is 14.2. The molecule has 1 aliphatic rings. The predicted molar refractivity (Wildman–Crippen MR) is 233 cm³/mol. The Hall–Kier alpha value is -7.62. The Kier molecular flexibility index (Phi) is 14.1. The molecule has 0 saturated carbocycles. The van der Waals surface area contributed by atoms with E-state index in [1.165, 1.54) is 38.3 Å². The van der Waals surface area contributed by atoms with Gasteiger partial charge in [-0.05, 0) is 92.6 Å². The van der Waals surface area contributed by atoms with Crippen molar-refractivity contribution < 1.29 is 46.3 Å². The van der Waals surface area contributed by atoms with E-state index in [4.69, 9.17) is 14.9 Å². The van der Waals surface area contributed by atoms with Crippen LogP contribution in [0.3, 0.4) is 0 Å². The fourth-order valence-corrected chi connectivity index (χ4v) is 7.39. The molecule has 5 heterocycles. The molecule has 1 atom stereocenters. The molecule has 19 nitrogen and oxygen atoms in total. The summed E-state index contributed by atoms with van der Waals surface area (Å²) in [7, 11) is 3.38. The molecular formula is C44H46F3N11O8.